The van der Waals surface area contributed by atoms with Gasteiger partial charge in [-0.15, -0.1) is 22.9 Å². The van der Waals surface area contributed by atoms with Gasteiger partial charge in [-0.3, -0.25) is 0 Å². The van der Waals surface area contributed by atoms with Gasteiger partial charge in [0.2, 0.25) is 0 Å². The summed E-state index contributed by atoms with van der Waals surface area (Å²) >= 11 is 8.15. The van der Waals surface area contributed by atoms with Crippen LogP contribution in [0.4, 0.5) is 0 Å². The number of halogens is 1. The van der Waals surface area contributed by atoms with Gasteiger partial charge in [-0.2, -0.15) is 0 Å². The summed E-state index contributed by atoms with van der Waals surface area (Å²) < 4.78 is 5.81. The van der Waals surface area contributed by atoms with Crippen LogP contribution in [0.3, 0.4) is 0 Å². The van der Waals surface area contributed by atoms with Crippen molar-refractivity contribution in [3.8, 4) is 0 Å². The van der Waals surface area contributed by atoms with Gasteiger partial charge in [0.1, 0.15) is 11.3 Å². The molecule has 18 heavy (non-hydrogen) atoms. The third-order valence-corrected chi connectivity index (χ3v) is 4.23. The van der Waals surface area contributed by atoms with E-state index in [9.17, 15) is 0 Å². The molecule has 0 bridgehead atoms. The van der Waals surface area contributed by atoms with Gasteiger partial charge in [0.25, 0.3) is 0 Å². The van der Waals surface area contributed by atoms with Gasteiger partial charge in [0.15, 0.2) is 0 Å². The summed E-state index contributed by atoms with van der Waals surface area (Å²) in [5.74, 6) is 0.852. The summed E-state index contributed by atoms with van der Waals surface area (Å²) in [4.78, 5) is 1.28. The van der Waals surface area contributed by atoms with Gasteiger partial charge in [-0.05, 0) is 36.6 Å². The molecule has 92 valence electrons. The van der Waals surface area contributed by atoms with E-state index < -0.39 is 0 Å². The summed E-state index contributed by atoms with van der Waals surface area (Å²) in [5.41, 5.74) is 2.15. The van der Waals surface area contributed by atoms with Crippen LogP contribution in [0.25, 0.3) is 11.0 Å². The van der Waals surface area contributed by atoms with Gasteiger partial charge in [0, 0.05) is 16.7 Å². The van der Waals surface area contributed by atoms with E-state index in [1.165, 1.54) is 10.4 Å². The first-order valence-corrected chi connectivity index (χ1v) is 7.20. The van der Waals surface area contributed by atoms with E-state index in [0.717, 1.165) is 23.2 Å². The van der Waals surface area contributed by atoms with Gasteiger partial charge >= 0.3 is 0 Å². The third-order valence-electron chi connectivity index (χ3n) is 2.96. The Balaban J connectivity index is 1.89. The lowest BCUT2D eigenvalue weighted by Crippen LogP contribution is -1.91. The number of fused-ring (bicyclic) bond motifs is 1. The van der Waals surface area contributed by atoms with E-state index in [4.69, 9.17) is 16.0 Å². The molecular formula is C15H13ClOS. The Bertz CT molecular complexity index is 654. The van der Waals surface area contributed by atoms with Crippen LogP contribution in [-0.2, 0) is 6.42 Å². The van der Waals surface area contributed by atoms with Crippen molar-refractivity contribution in [2.45, 2.75) is 18.7 Å². The molecule has 1 nitrogen and oxygen atoms in total. The average molecular weight is 277 g/mol. The van der Waals surface area contributed by atoms with E-state index in [1.54, 1.807) is 11.3 Å². The molecule has 2 heterocycles. The minimum Gasteiger partial charge on any atom is -0.459 e. The van der Waals surface area contributed by atoms with Crippen LogP contribution in [0.1, 0.15) is 21.6 Å². The second-order valence-electron chi connectivity index (χ2n) is 4.44. The molecule has 0 aliphatic heterocycles. The highest BCUT2D eigenvalue weighted by molar-refractivity contribution is 7.09. The zero-order chi connectivity index (χ0) is 12.5. The molecule has 0 fully saturated rings. The van der Waals surface area contributed by atoms with E-state index in [2.05, 4.69) is 30.5 Å². The zero-order valence-electron chi connectivity index (χ0n) is 10.0. The van der Waals surface area contributed by atoms with Crippen LogP contribution in [0.15, 0.2) is 46.2 Å². The van der Waals surface area contributed by atoms with Gasteiger partial charge in [-0.1, -0.05) is 17.7 Å². The minimum absolute atomic E-state index is 0.101. The van der Waals surface area contributed by atoms with E-state index in [-0.39, 0.29) is 5.38 Å². The lowest BCUT2D eigenvalue weighted by molar-refractivity contribution is 0.541. The minimum atomic E-state index is -0.101. The maximum Gasteiger partial charge on any atom is 0.134 e. The first-order chi connectivity index (χ1) is 8.72. The predicted molar refractivity (Wildman–Crippen MR) is 77.6 cm³/mol. The van der Waals surface area contributed by atoms with Gasteiger partial charge in [-0.25, -0.2) is 0 Å². The van der Waals surface area contributed by atoms with Gasteiger partial charge in [0.05, 0.1) is 5.38 Å². The summed E-state index contributed by atoms with van der Waals surface area (Å²) in [5, 5.41) is 3.10. The first-order valence-electron chi connectivity index (χ1n) is 5.89. The molecule has 0 saturated heterocycles. The Morgan fingerprint density at radius 3 is 2.94 bits per heavy atom. The molecule has 0 amide bonds. The average Bonchev–Trinajstić information content (AvgIpc) is 2.96. The molecule has 3 rings (SSSR count). The molecule has 0 aliphatic carbocycles. The SMILES string of the molecule is Cc1ccc2oc(C(Cl)Cc3cccs3)cc2c1. The van der Waals surface area contributed by atoms with Crippen LogP contribution in [0.2, 0.25) is 0 Å². The highest BCUT2D eigenvalue weighted by Crippen LogP contribution is 2.31. The summed E-state index contributed by atoms with van der Waals surface area (Å²) in [6.45, 7) is 2.08. The normalized spacial score (nSPS) is 13.0. The molecule has 2 aromatic heterocycles. The van der Waals surface area contributed by atoms with E-state index in [0.29, 0.717) is 0 Å². The fraction of sp³-hybridized carbons (Fsp3) is 0.200. The second-order valence-corrected chi connectivity index (χ2v) is 6.00. The summed E-state index contributed by atoms with van der Waals surface area (Å²) in [6.07, 6.45) is 0.817. The molecule has 0 saturated carbocycles. The topological polar surface area (TPSA) is 13.1 Å². The standard InChI is InChI=1S/C15H13ClOS/c1-10-4-5-14-11(7-10)8-15(17-14)13(16)9-12-3-2-6-18-12/h2-8,13H,9H2,1H3. The molecule has 0 N–H and O–H groups in total. The molecule has 1 atom stereocenters. The number of hydrogen-bond acceptors (Lipinski definition) is 2. The molecule has 1 aromatic carbocycles. The van der Waals surface area contributed by atoms with Crippen molar-refractivity contribution in [2.75, 3.05) is 0 Å². The maximum absolute atomic E-state index is 6.42. The van der Waals surface area contributed by atoms with Crippen LogP contribution < -0.4 is 0 Å². The molecule has 3 heteroatoms. The van der Waals surface area contributed by atoms with E-state index in [1.807, 2.05) is 18.2 Å². The van der Waals surface area contributed by atoms with Crippen molar-refractivity contribution in [3.05, 3.63) is 58.0 Å². The van der Waals surface area contributed by atoms with Crippen molar-refractivity contribution >= 4 is 33.9 Å². The van der Waals surface area contributed by atoms with Crippen molar-refractivity contribution in [1.29, 1.82) is 0 Å². The van der Waals surface area contributed by atoms with Gasteiger partial charge < -0.3 is 4.42 Å². The molecule has 0 aliphatic rings. The Hall–Kier alpha value is -1.25. The lowest BCUT2D eigenvalue weighted by atomic mass is 10.1. The van der Waals surface area contributed by atoms with Crippen LogP contribution >= 0.6 is 22.9 Å². The Morgan fingerprint density at radius 2 is 2.17 bits per heavy atom. The predicted octanol–water partition coefficient (Wildman–Crippen LogP) is 5.33. The number of hydrogen-bond donors (Lipinski definition) is 0. The molecule has 0 radical (unpaired) electrons. The fourth-order valence-corrected chi connectivity index (χ4v) is 3.16. The van der Waals surface area contributed by atoms with Crippen LogP contribution in [-0.4, -0.2) is 0 Å². The number of alkyl halides is 1. The number of thiophene rings is 1. The van der Waals surface area contributed by atoms with Crippen LogP contribution in [0.5, 0.6) is 0 Å². The highest BCUT2D eigenvalue weighted by Gasteiger charge is 2.14. The molecule has 3 aromatic rings. The smallest absolute Gasteiger partial charge is 0.134 e. The van der Waals surface area contributed by atoms with Crippen molar-refractivity contribution in [3.63, 3.8) is 0 Å². The molecular weight excluding hydrogens is 264 g/mol. The summed E-state index contributed by atoms with van der Waals surface area (Å²) in [7, 11) is 0. The third kappa shape index (κ3) is 2.31. The lowest BCUT2D eigenvalue weighted by Gasteiger charge is -2.03. The van der Waals surface area contributed by atoms with Crippen molar-refractivity contribution in [2.24, 2.45) is 0 Å². The molecule has 0 spiro atoms. The van der Waals surface area contributed by atoms with Crippen molar-refractivity contribution in [1.82, 2.24) is 0 Å². The van der Waals surface area contributed by atoms with Crippen LogP contribution in [0, 0.1) is 6.92 Å². The number of aryl methyl sites for hydroxylation is 1. The maximum atomic E-state index is 6.42. The quantitative estimate of drug-likeness (QED) is 0.590. The zero-order valence-corrected chi connectivity index (χ0v) is 11.6. The fourth-order valence-electron chi connectivity index (χ4n) is 2.04. The Morgan fingerprint density at radius 1 is 1.28 bits per heavy atom. The number of benzene rings is 1. The Kier molecular flexibility index (Phi) is 3.14. The second kappa shape index (κ2) is 4.79. The molecule has 1 unspecified atom stereocenters. The number of furan rings is 1. The van der Waals surface area contributed by atoms with E-state index >= 15 is 0 Å². The highest BCUT2D eigenvalue weighted by atomic mass is 35.5. The van der Waals surface area contributed by atoms with Crippen molar-refractivity contribution < 1.29 is 4.42 Å². The first kappa shape index (κ1) is 11.8. The monoisotopic (exact) mass is 276 g/mol. The largest absolute Gasteiger partial charge is 0.459 e. The number of rotatable bonds is 3. The Labute approximate surface area is 115 Å². The summed E-state index contributed by atoms with van der Waals surface area (Å²) in [6, 6.07) is 12.4.